The van der Waals surface area contributed by atoms with E-state index in [2.05, 4.69) is 21.2 Å². The van der Waals surface area contributed by atoms with Gasteiger partial charge in [-0.1, -0.05) is 82.7 Å². The van der Waals surface area contributed by atoms with Crippen LogP contribution in [0.25, 0.3) is 6.08 Å². The third-order valence-corrected chi connectivity index (χ3v) is 8.18. The van der Waals surface area contributed by atoms with Crippen molar-refractivity contribution in [1.82, 2.24) is 5.32 Å². The Balaban J connectivity index is 1.50. The van der Waals surface area contributed by atoms with E-state index < -0.39 is 11.6 Å². The number of amides is 1. The van der Waals surface area contributed by atoms with Crippen molar-refractivity contribution in [2.45, 2.75) is 31.0 Å². The van der Waals surface area contributed by atoms with Gasteiger partial charge in [-0.2, -0.15) is 0 Å². The predicted molar refractivity (Wildman–Crippen MR) is 184 cm³/mol. The van der Waals surface area contributed by atoms with Gasteiger partial charge in [-0.05, 0) is 65.2 Å². The molecule has 8 heteroatoms. The summed E-state index contributed by atoms with van der Waals surface area (Å²) in [5.74, 6) is 0.859. The summed E-state index contributed by atoms with van der Waals surface area (Å²) >= 11 is 3.53. The van der Waals surface area contributed by atoms with Crippen LogP contribution < -0.4 is 15.0 Å². The Kier molecular flexibility index (Phi) is 10.7. The third kappa shape index (κ3) is 8.01. The van der Waals surface area contributed by atoms with Crippen molar-refractivity contribution in [3.05, 3.63) is 136 Å². The van der Waals surface area contributed by atoms with Crippen LogP contribution in [0.5, 0.6) is 5.75 Å². The summed E-state index contributed by atoms with van der Waals surface area (Å²) < 4.78 is 13.3. The van der Waals surface area contributed by atoms with Crippen LogP contribution in [0.3, 0.4) is 0 Å². The molecule has 1 aliphatic heterocycles. The first kappa shape index (κ1) is 32.0. The van der Waals surface area contributed by atoms with E-state index in [-0.39, 0.29) is 12.5 Å². The number of benzene rings is 4. The number of aliphatic hydroxyl groups excluding tert-OH is 1. The molecule has 45 heavy (non-hydrogen) atoms. The van der Waals surface area contributed by atoms with Crippen LogP contribution in [-0.2, 0) is 16.1 Å². The van der Waals surface area contributed by atoms with Crippen molar-refractivity contribution < 1.29 is 19.4 Å². The number of carbonyl (C=O) groups excluding carboxylic acids is 1. The summed E-state index contributed by atoms with van der Waals surface area (Å²) in [7, 11) is 4.00. The van der Waals surface area contributed by atoms with Crippen LogP contribution >= 0.6 is 15.9 Å². The van der Waals surface area contributed by atoms with Crippen molar-refractivity contribution >= 4 is 39.5 Å². The SMILES string of the molecule is CN(C)c1ccc(CNC(=O)[C@]2(C/C=C/c3ccccc3)N=C(c3ccc(OCCCO)cc3)O[C@@H]2c2ccc(Br)cc2)cc1. The smallest absolute Gasteiger partial charge is 0.252 e. The van der Waals surface area contributed by atoms with Gasteiger partial charge in [-0.15, -0.1) is 0 Å². The number of halogens is 1. The second-order valence-corrected chi connectivity index (χ2v) is 12.0. The molecule has 0 unspecified atom stereocenters. The predicted octanol–water partition coefficient (Wildman–Crippen LogP) is 6.95. The number of hydrogen-bond acceptors (Lipinski definition) is 6. The molecule has 0 saturated carbocycles. The molecule has 0 saturated heterocycles. The van der Waals surface area contributed by atoms with Crippen molar-refractivity contribution in [1.29, 1.82) is 0 Å². The minimum Gasteiger partial charge on any atom is -0.494 e. The summed E-state index contributed by atoms with van der Waals surface area (Å²) in [6.45, 7) is 0.854. The van der Waals surface area contributed by atoms with Crippen LogP contribution in [0.2, 0.25) is 0 Å². The summed E-state index contributed by atoms with van der Waals surface area (Å²) in [6, 6.07) is 33.4. The lowest BCUT2D eigenvalue weighted by molar-refractivity contribution is -0.129. The molecule has 2 atom stereocenters. The Labute approximate surface area is 273 Å². The molecular weight excluding hydrogens is 630 g/mol. The number of anilines is 1. The number of carbonyl (C=O) groups is 1. The first-order valence-corrected chi connectivity index (χ1v) is 15.8. The fourth-order valence-corrected chi connectivity index (χ4v) is 5.40. The highest BCUT2D eigenvalue weighted by Gasteiger charge is 2.52. The first-order valence-electron chi connectivity index (χ1n) is 15.0. The quantitative estimate of drug-likeness (QED) is 0.151. The zero-order valence-electron chi connectivity index (χ0n) is 25.5. The molecule has 0 aliphatic carbocycles. The second kappa shape index (κ2) is 15.1. The molecule has 0 bridgehead atoms. The van der Waals surface area contributed by atoms with Crippen molar-refractivity contribution in [3.8, 4) is 5.75 Å². The molecule has 4 aromatic carbocycles. The molecule has 1 aliphatic rings. The van der Waals surface area contributed by atoms with E-state index in [1.54, 1.807) is 0 Å². The van der Waals surface area contributed by atoms with Gasteiger partial charge in [-0.3, -0.25) is 4.79 Å². The summed E-state index contributed by atoms with van der Waals surface area (Å²) in [4.78, 5) is 21.5. The van der Waals surface area contributed by atoms with Gasteiger partial charge in [0.25, 0.3) is 5.91 Å². The molecule has 7 nitrogen and oxygen atoms in total. The Morgan fingerprint density at radius 2 is 1.71 bits per heavy atom. The fraction of sp³-hybridized carbons (Fsp3) is 0.243. The number of aliphatic hydroxyl groups is 1. The highest BCUT2D eigenvalue weighted by molar-refractivity contribution is 9.10. The zero-order valence-corrected chi connectivity index (χ0v) is 27.1. The summed E-state index contributed by atoms with van der Waals surface area (Å²) in [5.41, 5.74) is 3.44. The number of ether oxygens (including phenoxy) is 2. The largest absolute Gasteiger partial charge is 0.494 e. The van der Waals surface area contributed by atoms with Crippen LogP contribution in [0, 0.1) is 0 Å². The van der Waals surface area contributed by atoms with Gasteiger partial charge < -0.3 is 24.8 Å². The molecule has 0 spiro atoms. The molecule has 0 aromatic heterocycles. The van der Waals surface area contributed by atoms with E-state index in [1.807, 2.05) is 134 Å². The van der Waals surface area contributed by atoms with Crippen LogP contribution in [0.1, 0.15) is 41.2 Å². The molecular formula is C37H38BrN3O4. The number of aliphatic imine (C=N–C) groups is 1. The fourth-order valence-electron chi connectivity index (χ4n) is 5.14. The monoisotopic (exact) mass is 667 g/mol. The van der Waals surface area contributed by atoms with E-state index in [4.69, 9.17) is 19.6 Å². The number of hydrogen-bond donors (Lipinski definition) is 2. The first-order chi connectivity index (χ1) is 21.9. The Morgan fingerprint density at radius 3 is 2.38 bits per heavy atom. The van der Waals surface area contributed by atoms with E-state index >= 15 is 0 Å². The standard InChI is InChI=1S/C37H38BrN3O4/c1-41(2)32-19-11-28(12-20-32)26-39-36(43)37(23-6-10-27-8-4-3-5-9-27)34(29-13-17-31(38)18-14-29)45-35(40-37)30-15-21-33(22-16-30)44-25-7-24-42/h3-6,8-22,34,42H,7,23-26H2,1-2H3,(H,39,43)/b10-6+/t34-,37-/m1/s1. The van der Waals surface area contributed by atoms with Gasteiger partial charge in [0.1, 0.15) is 5.75 Å². The number of nitrogens with zero attached hydrogens (tertiary/aromatic N) is 2. The lowest BCUT2D eigenvalue weighted by Gasteiger charge is -2.30. The highest BCUT2D eigenvalue weighted by atomic mass is 79.9. The van der Waals surface area contributed by atoms with Crippen molar-refractivity contribution in [2.75, 3.05) is 32.2 Å². The average Bonchev–Trinajstić information content (AvgIpc) is 3.46. The molecule has 4 aromatic rings. The number of nitrogens with one attached hydrogen (secondary N) is 1. The minimum absolute atomic E-state index is 0.0738. The third-order valence-electron chi connectivity index (χ3n) is 7.65. The van der Waals surface area contributed by atoms with Crippen molar-refractivity contribution in [3.63, 3.8) is 0 Å². The lowest BCUT2D eigenvalue weighted by atomic mass is 9.84. The maximum atomic E-state index is 14.4. The molecule has 0 fully saturated rings. The van der Waals surface area contributed by atoms with Crippen LogP contribution in [0.4, 0.5) is 5.69 Å². The average molecular weight is 669 g/mol. The van der Waals surface area contributed by atoms with Crippen molar-refractivity contribution in [2.24, 2.45) is 4.99 Å². The van der Waals surface area contributed by atoms with Crippen LogP contribution in [0.15, 0.2) is 119 Å². The molecule has 1 amide bonds. The molecule has 232 valence electrons. The second-order valence-electron chi connectivity index (χ2n) is 11.1. The Hall–Kier alpha value is -4.40. The summed E-state index contributed by atoms with van der Waals surface area (Å²) in [5, 5.41) is 12.2. The van der Waals surface area contributed by atoms with Gasteiger partial charge in [0.2, 0.25) is 5.90 Å². The molecule has 5 rings (SSSR count). The molecule has 1 heterocycles. The molecule has 2 N–H and O–H groups in total. The maximum absolute atomic E-state index is 14.4. The van der Waals surface area contributed by atoms with E-state index in [9.17, 15) is 4.79 Å². The van der Waals surface area contributed by atoms with Gasteiger partial charge in [0.15, 0.2) is 11.6 Å². The van der Waals surface area contributed by atoms with Gasteiger partial charge >= 0.3 is 0 Å². The Bertz CT molecular complexity index is 1600. The number of rotatable bonds is 13. The van der Waals surface area contributed by atoms with E-state index in [0.29, 0.717) is 37.6 Å². The van der Waals surface area contributed by atoms with E-state index in [0.717, 1.165) is 32.4 Å². The molecule has 0 radical (unpaired) electrons. The van der Waals surface area contributed by atoms with Crippen LogP contribution in [-0.4, -0.2) is 49.8 Å². The highest BCUT2D eigenvalue weighted by Crippen LogP contribution is 2.43. The maximum Gasteiger partial charge on any atom is 0.252 e. The topological polar surface area (TPSA) is 83.4 Å². The normalized spacial score (nSPS) is 17.5. The van der Waals surface area contributed by atoms with Gasteiger partial charge in [0, 0.05) is 55.8 Å². The zero-order chi connectivity index (χ0) is 31.6. The minimum atomic E-state index is -1.27. The van der Waals surface area contributed by atoms with E-state index in [1.165, 1.54) is 0 Å². The van der Waals surface area contributed by atoms with Gasteiger partial charge in [0.05, 0.1) is 6.61 Å². The summed E-state index contributed by atoms with van der Waals surface area (Å²) in [6.07, 6.45) is 4.22. The van der Waals surface area contributed by atoms with Gasteiger partial charge in [-0.25, -0.2) is 4.99 Å². The lowest BCUT2D eigenvalue weighted by Crippen LogP contribution is -2.47. The Morgan fingerprint density at radius 1 is 1.00 bits per heavy atom.